The molecule has 20 heavy (non-hydrogen) atoms. The smallest absolute Gasteiger partial charge is 0.133 e. The van der Waals surface area contributed by atoms with Gasteiger partial charge in [0.1, 0.15) is 5.78 Å². The van der Waals surface area contributed by atoms with Crippen molar-refractivity contribution in [3.05, 3.63) is 0 Å². The molecule has 0 heterocycles. The third-order valence-electron chi connectivity index (χ3n) is 8.26. The van der Waals surface area contributed by atoms with Crippen LogP contribution in [-0.2, 0) is 4.79 Å². The molecule has 0 amide bonds. The highest BCUT2D eigenvalue weighted by molar-refractivity contribution is 5.79. The maximum atomic E-state index is 11.9. The van der Waals surface area contributed by atoms with Crippen molar-refractivity contribution in [2.24, 2.45) is 34.5 Å². The van der Waals surface area contributed by atoms with Crippen LogP contribution < -0.4 is 0 Å². The Hall–Kier alpha value is -0.330. The summed E-state index contributed by atoms with van der Waals surface area (Å²) in [6.45, 7) is 5.14. The molecule has 1 heteroatoms. The van der Waals surface area contributed by atoms with E-state index in [2.05, 4.69) is 13.8 Å². The second-order valence-electron chi connectivity index (χ2n) is 8.98. The fourth-order valence-electron chi connectivity index (χ4n) is 7.04. The topological polar surface area (TPSA) is 17.1 Å². The Morgan fingerprint density at radius 1 is 0.950 bits per heavy atom. The van der Waals surface area contributed by atoms with E-state index in [4.69, 9.17) is 0 Å². The lowest BCUT2D eigenvalue weighted by atomic mass is 9.45. The molecule has 1 unspecified atom stereocenters. The molecule has 112 valence electrons. The van der Waals surface area contributed by atoms with Crippen molar-refractivity contribution < 1.29 is 4.79 Å². The first kappa shape index (κ1) is 13.3. The number of fused-ring (bicyclic) bond motifs is 5. The first-order valence-electron chi connectivity index (χ1n) is 9.05. The fraction of sp³-hybridized carbons (Fsp3) is 0.947. The van der Waals surface area contributed by atoms with E-state index in [0.29, 0.717) is 16.6 Å². The lowest BCUT2D eigenvalue weighted by molar-refractivity contribution is -0.137. The highest BCUT2D eigenvalue weighted by atomic mass is 16.1. The molecule has 0 aliphatic heterocycles. The summed E-state index contributed by atoms with van der Waals surface area (Å²) in [5.74, 6) is 4.20. The Labute approximate surface area is 123 Å². The van der Waals surface area contributed by atoms with E-state index in [1.807, 2.05) is 0 Å². The molecular formula is C19H30O. The average Bonchev–Trinajstić information content (AvgIpc) is 2.81. The van der Waals surface area contributed by atoms with E-state index in [-0.39, 0.29) is 0 Å². The summed E-state index contributed by atoms with van der Waals surface area (Å²) in [6, 6.07) is 0. The van der Waals surface area contributed by atoms with Crippen molar-refractivity contribution in [2.45, 2.75) is 78.1 Å². The first-order chi connectivity index (χ1) is 9.53. The van der Waals surface area contributed by atoms with Gasteiger partial charge in [0.05, 0.1) is 0 Å². The van der Waals surface area contributed by atoms with Crippen LogP contribution in [0, 0.1) is 34.5 Å². The zero-order valence-corrected chi connectivity index (χ0v) is 13.3. The lowest BCUT2D eigenvalue weighted by Crippen LogP contribution is -2.52. The third kappa shape index (κ3) is 1.70. The van der Waals surface area contributed by atoms with Gasteiger partial charge in [0.15, 0.2) is 0 Å². The van der Waals surface area contributed by atoms with E-state index >= 15 is 0 Å². The zero-order valence-electron chi connectivity index (χ0n) is 13.3. The van der Waals surface area contributed by atoms with Gasteiger partial charge in [-0.2, -0.15) is 0 Å². The fourth-order valence-corrected chi connectivity index (χ4v) is 7.04. The second kappa shape index (κ2) is 4.34. The van der Waals surface area contributed by atoms with Gasteiger partial charge in [-0.25, -0.2) is 0 Å². The van der Waals surface area contributed by atoms with Crippen molar-refractivity contribution in [3.63, 3.8) is 0 Å². The van der Waals surface area contributed by atoms with Crippen molar-refractivity contribution in [1.82, 2.24) is 0 Å². The van der Waals surface area contributed by atoms with Gasteiger partial charge in [-0.05, 0) is 79.4 Å². The van der Waals surface area contributed by atoms with Crippen molar-refractivity contribution in [3.8, 4) is 0 Å². The summed E-state index contributed by atoms with van der Waals surface area (Å²) < 4.78 is 0. The van der Waals surface area contributed by atoms with E-state index in [1.54, 1.807) is 0 Å². The Morgan fingerprint density at radius 3 is 2.65 bits per heavy atom. The molecule has 4 rings (SSSR count). The Bertz CT molecular complexity index is 427. The molecule has 4 aliphatic carbocycles. The monoisotopic (exact) mass is 274 g/mol. The van der Waals surface area contributed by atoms with Gasteiger partial charge in [-0.1, -0.05) is 20.3 Å². The Morgan fingerprint density at radius 2 is 1.80 bits per heavy atom. The zero-order chi connectivity index (χ0) is 14.0. The molecular weight excluding hydrogens is 244 g/mol. The summed E-state index contributed by atoms with van der Waals surface area (Å²) in [5.41, 5.74) is 1.18. The minimum Gasteiger partial charge on any atom is -0.300 e. The van der Waals surface area contributed by atoms with Crippen LogP contribution in [0.1, 0.15) is 78.1 Å². The Kier molecular flexibility index (Phi) is 2.89. The van der Waals surface area contributed by atoms with Crippen LogP contribution in [0.2, 0.25) is 0 Å². The van der Waals surface area contributed by atoms with Gasteiger partial charge in [-0.3, -0.25) is 4.79 Å². The second-order valence-corrected chi connectivity index (χ2v) is 8.98. The molecule has 0 radical (unpaired) electrons. The van der Waals surface area contributed by atoms with E-state index < -0.39 is 0 Å². The largest absolute Gasteiger partial charge is 0.300 e. The molecule has 4 aliphatic rings. The molecule has 0 aromatic rings. The van der Waals surface area contributed by atoms with E-state index in [9.17, 15) is 4.79 Å². The molecule has 0 aromatic carbocycles. The van der Waals surface area contributed by atoms with Gasteiger partial charge >= 0.3 is 0 Å². The molecule has 1 nitrogen and oxygen atoms in total. The number of hydrogen-bond donors (Lipinski definition) is 0. The highest BCUT2D eigenvalue weighted by Gasteiger charge is 2.57. The number of rotatable bonds is 0. The number of Topliss-reactive ketones (excluding diaryl/α,β-unsaturated/α-hetero) is 1. The van der Waals surface area contributed by atoms with E-state index in [1.165, 1.54) is 51.4 Å². The lowest BCUT2D eigenvalue weighted by Gasteiger charge is -2.59. The standard InChI is InChI=1S/C19H30O/c1-18-9-3-4-16(18)15-6-5-13-12-14(20)7-11-19(13,2)17(15)8-10-18/h13,15-17H,3-12H2,1-2H3/t13?,15-,16-,17+,18-,19-/m0/s1. The highest BCUT2D eigenvalue weighted by Crippen LogP contribution is 2.65. The molecule has 0 N–H and O–H groups in total. The number of hydrogen-bond acceptors (Lipinski definition) is 1. The van der Waals surface area contributed by atoms with Gasteiger partial charge < -0.3 is 0 Å². The molecule has 0 aromatic heterocycles. The third-order valence-corrected chi connectivity index (χ3v) is 8.26. The van der Waals surface area contributed by atoms with Crippen LogP contribution in [0.4, 0.5) is 0 Å². The van der Waals surface area contributed by atoms with Crippen molar-refractivity contribution in [2.75, 3.05) is 0 Å². The summed E-state index contributed by atoms with van der Waals surface area (Å²) in [5, 5.41) is 0. The maximum Gasteiger partial charge on any atom is 0.133 e. The SMILES string of the molecule is C[C@@]12CCC[C@H]1[C@@H]1CCC3CC(=O)CC[C@]3(C)[C@@H]1CC2. The molecule has 4 fully saturated rings. The molecule has 0 spiro atoms. The number of carbonyl (C=O) groups excluding carboxylic acids is 1. The summed E-state index contributed by atoms with van der Waals surface area (Å²) in [7, 11) is 0. The average molecular weight is 274 g/mol. The van der Waals surface area contributed by atoms with Crippen LogP contribution in [0.5, 0.6) is 0 Å². The number of carbonyl (C=O) groups is 1. The van der Waals surface area contributed by atoms with Crippen LogP contribution in [-0.4, -0.2) is 5.78 Å². The van der Waals surface area contributed by atoms with Crippen molar-refractivity contribution >= 4 is 5.78 Å². The van der Waals surface area contributed by atoms with Crippen LogP contribution in [0.25, 0.3) is 0 Å². The van der Waals surface area contributed by atoms with Crippen LogP contribution >= 0.6 is 0 Å². The summed E-state index contributed by atoms with van der Waals surface area (Å²) in [4.78, 5) is 11.9. The minimum absolute atomic E-state index is 0.501. The summed E-state index contributed by atoms with van der Waals surface area (Å²) >= 11 is 0. The van der Waals surface area contributed by atoms with Gasteiger partial charge in [0.2, 0.25) is 0 Å². The van der Waals surface area contributed by atoms with Gasteiger partial charge in [0, 0.05) is 12.8 Å². The predicted molar refractivity (Wildman–Crippen MR) is 81.4 cm³/mol. The maximum absolute atomic E-state index is 11.9. The van der Waals surface area contributed by atoms with Crippen molar-refractivity contribution in [1.29, 1.82) is 0 Å². The predicted octanol–water partition coefficient (Wildman–Crippen LogP) is 4.99. The van der Waals surface area contributed by atoms with Gasteiger partial charge in [0.25, 0.3) is 0 Å². The quantitative estimate of drug-likeness (QED) is 0.608. The molecule has 0 bridgehead atoms. The van der Waals surface area contributed by atoms with E-state index in [0.717, 1.165) is 36.5 Å². The molecule has 6 atom stereocenters. The minimum atomic E-state index is 0.501. The van der Waals surface area contributed by atoms with Gasteiger partial charge in [-0.15, -0.1) is 0 Å². The molecule has 0 saturated heterocycles. The van der Waals surface area contributed by atoms with Crippen LogP contribution in [0.3, 0.4) is 0 Å². The summed E-state index contributed by atoms with van der Waals surface area (Å²) in [6.07, 6.45) is 13.1. The normalized spacial score (nSPS) is 55.0. The first-order valence-corrected chi connectivity index (χ1v) is 9.05. The molecule has 4 saturated carbocycles. The Balaban J connectivity index is 1.64. The number of ketones is 1. The van der Waals surface area contributed by atoms with Crippen LogP contribution in [0.15, 0.2) is 0 Å².